The van der Waals surface area contributed by atoms with E-state index < -0.39 is 15.9 Å². The van der Waals surface area contributed by atoms with Crippen molar-refractivity contribution in [3.8, 4) is 11.5 Å². The summed E-state index contributed by atoms with van der Waals surface area (Å²) < 4.78 is 47.6. The number of rotatable bonds is 5. The molecular weight excluding hydrogens is 347 g/mol. The van der Waals surface area contributed by atoms with Crippen LogP contribution < -0.4 is 8.92 Å². The molecule has 8 heteroatoms. The topological polar surface area (TPSA) is 69.7 Å². The highest BCUT2D eigenvalue weighted by Crippen LogP contribution is 2.31. The number of benzene rings is 2. The molecule has 0 aromatic heterocycles. The van der Waals surface area contributed by atoms with Crippen molar-refractivity contribution in [2.45, 2.75) is 11.8 Å². The summed E-state index contributed by atoms with van der Waals surface area (Å²) in [5, 5.41) is -0.339. The molecule has 0 aliphatic carbocycles. The maximum Gasteiger partial charge on any atom is 0.339 e. The number of Topliss-reactive ketones (excluding diaryl/α,β-unsaturated/α-hetero) is 1. The summed E-state index contributed by atoms with van der Waals surface area (Å²) >= 11 is 5.58. The molecule has 0 spiro atoms. The summed E-state index contributed by atoms with van der Waals surface area (Å²) in [6.45, 7) is 1.37. The maximum atomic E-state index is 13.1. The predicted octanol–water partition coefficient (Wildman–Crippen LogP) is 3.46. The Morgan fingerprint density at radius 2 is 1.83 bits per heavy atom. The molecule has 5 nitrogen and oxygen atoms in total. The van der Waals surface area contributed by atoms with Gasteiger partial charge in [-0.3, -0.25) is 4.79 Å². The fraction of sp³-hybridized carbons (Fsp3) is 0.133. The van der Waals surface area contributed by atoms with Crippen LogP contribution in [0.25, 0.3) is 0 Å². The van der Waals surface area contributed by atoms with E-state index in [2.05, 4.69) is 0 Å². The Morgan fingerprint density at radius 1 is 1.13 bits per heavy atom. The van der Waals surface area contributed by atoms with Gasteiger partial charge in [-0.15, -0.1) is 0 Å². The van der Waals surface area contributed by atoms with Crippen molar-refractivity contribution in [3.63, 3.8) is 0 Å². The average molecular weight is 359 g/mol. The van der Waals surface area contributed by atoms with Gasteiger partial charge in [-0.25, -0.2) is 4.39 Å². The van der Waals surface area contributed by atoms with Gasteiger partial charge in [0.1, 0.15) is 10.7 Å². The van der Waals surface area contributed by atoms with Crippen molar-refractivity contribution in [2.75, 3.05) is 7.11 Å². The zero-order valence-electron chi connectivity index (χ0n) is 12.2. The minimum atomic E-state index is -4.23. The Hall–Kier alpha value is -2.12. The molecule has 0 heterocycles. The Bertz CT molecular complexity index is 864. The number of halogens is 2. The summed E-state index contributed by atoms with van der Waals surface area (Å²) in [7, 11) is -2.92. The SMILES string of the molecule is COc1cc(C(C)=O)ccc1OS(=O)(=O)c1ccc(F)c(Cl)c1. The molecule has 0 bridgehead atoms. The normalized spacial score (nSPS) is 11.1. The van der Waals surface area contributed by atoms with Crippen molar-refractivity contribution in [1.29, 1.82) is 0 Å². The van der Waals surface area contributed by atoms with Crippen molar-refractivity contribution in [3.05, 3.63) is 52.8 Å². The number of hydrogen-bond donors (Lipinski definition) is 0. The van der Waals surface area contributed by atoms with E-state index in [1.54, 1.807) is 0 Å². The van der Waals surface area contributed by atoms with Gasteiger partial charge in [0.15, 0.2) is 17.3 Å². The molecule has 0 fully saturated rings. The van der Waals surface area contributed by atoms with Crippen molar-refractivity contribution >= 4 is 27.5 Å². The van der Waals surface area contributed by atoms with Gasteiger partial charge in [0.05, 0.1) is 12.1 Å². The third-order valence-corrected chi connectivity index (χ3v) is 4.47. The van der Waals surface area contributed by atoms with Gasteiger partial charge >= 0.3 is 10.1 Å². The fourth-order valence-corrected chi connectivity index (χ4v) is 2.97. The van der Waals surface area contributed by atoms with E-state index in [9.17, 15) is 17.6 Å². The van der Waals surface area contributed by atoms with Crippen molar-refractivity contribution in [1.82, 2.24) is 0 Å². The second-order valence-electron chi connectivity index (χ2n) is 4.54. The molecule has 0 aliphatic rings. The third-order valence-electron chi connectivity index (χ3n) is 2.95. The van der Waals surface area contributed by atoms with Crippen LogP contribution in [0.15, 0.2) is 41.3 Å². The lowest BCUT2D eigenvalue weighted by molar-refractivity contribution is 0.101. The molecule has 2 aromatic carbocycles. The predicted molar refractivity (Wildman–Crippen MR) is 82.2 cm³/mol. The van der Waals surface area contributed by atoms with E-state index >= 15 is 0 Å². The standard InChI is InChI=1S/C15H12ClFO5S/c1-9(18)10-3-6-14(15(7-10)21-2)22-23(19,20)11-4-5-13(17)12(16)8-11/h3-8H,1-2H3. The van der Waals surface area contributed by atoms with Gasteiger partial charge < -0.3 is 8.92 Å². The van der Waals surface area contributed by atoms with Gasteiger partial charge in [0.25, 0.3) is 0 Å². The van der Waals surface area contributed by atoms with Crippen LogP contribution in [0.3, 0.4) is 0 Å². The zero-order chi connectivity index (χ0) is 17.2. The van der Waals surface area contributed by atoms with E-state index in [1.165, 1.54) is 32.2 Å². The first-order chi connectivity index (χ1) is 10.7. The van der Waals surface area contributed by atoms with Crippen LogP contribution in [0.5, 0.6) is 11.5 Å². The molecule has 0 saturated carbocycles. The number of methoxy groups -OCH3 is 1. The lowest BCUT2D eigenvalue weighted by Gasteiger charge is -2.11. The van der Waals surface area contributed by atoms with E-state index in [0.29, 0.717) is 5.56 Å². The Kier molecular flexibility index (Phi) is 4.91. The van der Waals surface area contributed by atoms with E-state index in [1.807, 2.05) is 0 Å². The average Bonchev–Trinajstić information content (AvgIpc) is 2.49. The fourth-order valence-electron chi connectivity index (χ4n) is 1.75. The van der Waals surface area contributed by atoms with Gasteiger partial charge in [0, 0.05) is 5.56 Å². The third kappa shape index (κ3) is 3.80. The van der Waals surface area contributed by atoms with Crippen LogP contribution in [0.2, 0.25) is 5.02 Å². The second kappa shape index (κ2) is 6.55. The van der Waals surface area contributed by atoms with Gasteiger partial charge in [0.2, 0.25) is 0 Å². The molecular formula is C15H12ClFO5S. The number of carbonyl (C=O) groups excluding carboxylic acids is 1. The highest BCUT2D eigenvalue weighted by Gasteiger charge is 2.21. The maximum absolute atomic E-state index is 13.1. The summed E-state index contributed by atoms with van der Waals surface area (Å²) in [5.41, 5.74) is 0.344. The molecule has 2 aromatic rings. The van der Waals surface area contributed by atoms with Crippen LogP contribution in [-0.4, -0.2) is 21.3 Å². The summed E-state index contributed by atoms with van der Waals surface area (Å²) in [6, 6.07) is 6.99. The summed E-state index contributed by atoms with van der Waals surface area (Å²) in [5.74, 6) is -0.968. The highest BCUT2D eigenvalue weighted by atomic mass is 35.5. The van der Waals surface area contributed by atoms with Crippen molar-refractivity contribution < 1.29 is 26.5 Å². The summed E-state index contributed by atoms with van der Waals surface area (Å²) in [6.07, 6.45) is 0. The Morgan fingerprint density at radius 3 is 2.39 bits per heavy atom. The van der Waals surface area contributed by atoms with Gasteiger partial charge in [-0.1, -0.05) is 11.6 Å². The molecule has 23 heavy (non-hydrogen) atoms. The van der Waals surface area contributed by atoms with Crippen LogP contribution in [0, 0.1) is 5.82 Å². The molecule has 0 radical (unpaired) electrons. The molecule has 0 saturated heterocycles. The lowest BCUT2D eigenvalue weighted by atomic mass is 10.1. The summed E-state index contributed by atoms with van der Waals surface area (Å²) in [4.78, 5) is 11.0. The van der Waals surface area contributed by atoms with E-state index in [-0.39, 0.29) is 27.2 Å². The molecule has 2 rings (SSSR count). The molecule has 0 atom stereocenters. The lowest BCUT2D eigenvalue weighted by Crippen LogP contribution is -2.11. The molecule has 0 amide bonds. The van der Waals surface area contributed by atoms with Crippen molar-refractivity contribution in [2.24, 2.45) is 0 Å². The number of carbonyl (C=O) groups is 1. The first-order valence-corrected chi connectivity index (χ1v) is 8.11. The minimum absolute atomic E-state index is 0.0782. The van der Waals surface area contributed by atoms with Crippen LogP contribution in [0.4, 0.5) is 4.39 Å². The zero-order valence-corrected chi connectivity index (χ0v) is 13.7. The van der Waals surface area contributed by atoms with Crippen LogP contribution in [-0.2, 0) is 10.1 Å². The Labute approximate surface area is 137 Å². The highest BCUT2D eigenvalue weighted by molar-refractivity contribution is 7.87. The first-order valence-electron chi connectivity index (χ1n) is 6.33. The van der Waals surface area contributed by atoms with Gasteiger partial charge in [-0.05, 0) is 43.3 Å². The number of ketones is 1. The number of ether oxygens (including phenoxy) is 1. The van der Waals surface area contributed by atoms with Crippen LogP contribution >= 0.6 is 11.6 Å². The number of hydrogen-bond acceptors (Lipinski definition) is 5. The Balaban J connectivity index is 2.40. The molecule has 0 N–H and O–H groups in total. The largest absolute Gasteiger partial charge is 0.493 e. The quantitative estimate of drug-likeness (QED) is 0.604. The molecule has 0 unspecified atom stereocenters. The smallest absolute Gasteiger partial charge is 0.339 e. The van der Waals surface area contributed by atoms with E-state index in [4.69, 9.17) is 20.5 Å². The van der Waals surface area contributed by atoms with E-state index in [0.717, 1.165) is 18.2 Å². The second-order valence-corrected chi connectivity index (χ2v) is 6.49. The monoisotopic (exact) mass is 358 g/mol. The molecule has 122 valence electrons. The first kappa shape index (κ1) is 17.2. The van der Waals surface area contributed by atoms with Crippen LogP contribution in [0.1, 0.15) is 17.3 Å². The minimum Gasteiger partial charge on any atom is -0.493 e. The van der Waals surface area contributed by atoms with Gasteiger partial charge in [-0.2, -0.15) is 8.42 Å². The molecule has 0 aliphatic heterocycles.